The van der Waals surface area contributed by atoms with Gasteiger partial charge < -0.3 is 5.11 Å². The van der Waals surface area contributed by atoms with Crippen molar-refractivity contribution in [2.45, 2.75) is 25.0 Å². The molecule has 2 aromatic rings. The highest BCUT2D eigenvalue weighted by Gasteiger charge is 2.29. The Balaban J connectivity index is 1.77. The number of benzene rings is 2. The first-order valence-electron chi connectivity index (χ1n) is 8.84. The highest BCUT2D eigenvalue weighted by molar-refractivity contribution is 6.35. The second kappa shape index (κ2) is 9.04. The number of rotatable bonds is 6. The summed E-state index contributed by atoms with van der Waals surface area (Å²) in [5, 5.41) is 22.1. The third-order valence-corrected chi connectivity index (χ3v) is 5.36. The van der Waals surface area contributed by atoms with E-state index in [1.54, 1.807) is 18.2 Å². The molecule has 3 rings (SSSR count). The summed E-state index contributed by atoms with van der Waals surface area (Å²) in [7, 11) is 0. The van der Waals surface area contributed by atoms with Crippen LogP contribution in [0, 0.1) is 0 Å². The summed E-state index contributed by atoms with van der Waals surface area (Å²) in [5.74, 6) is -0.451. The van der Waals surface area contributed by atoms with Crippen LogP contribution >= 0.6 is 23.2 Å². The van der Waals surface area contributed by atoms with Crippen LogP contribution in [0.2, 0.25) is 10.0 Å². The number of hydrogen-bond donors (Lipinski definition) is 2. The van der Waals surface area contributed by atoms with Crippen molar-refractivity contribution in [1.82, 2.24) is 9.96 Å². The molecule has 1 heterocycles. The number of likely N-dealkylation sites (tertiary alicyclic amines) is 1. The van der Waals surface area contributed by atoms with Gasteiger partial charge in [-0.25, -0.2) is 5.06 Å². The Labute approximate surface area is 168 Å². The number of carbonyl (C=O) groups excluding carboxylic acids is 1. The minimum Gasteiger partial charge on any atom is -0.392 e. The van der Waals surface area contributed by atoms with Crippen LogP contribution in [0.25, 0.3) is 0 Å². The summed E-state index contributed by atoms with van der Waals surface area (Å²) in [6.45, 7) is 1.71. The smallest absolute Gasteiger partial charge is 0.251 e. The van der Waals surface area contributed by atoms with E-state index < -0.39 is 11.9 Å². The van der Waals surface area contributed by atoms with Crippen LogP contribution in [-0.4, -0.2) is 51.9 Å². The molecule has 144 valence electrons. The minimum atomic E-state index is -0.532. The summed E-state index contributed by atoms with van der Waals surface area (Å²) in [6.07, 6.45) is 0.303. The molecule has 0 radical (unpaired) electrons. The molecular formula is C20H22Cl2N2O3. The quantitative estimate of drug-likeness (QED) is 0.566. The van der Waals surface area contributed by atoms with Crippen molar-refractivity contribution >= 4 is 29.1 Å². The Hall–Kier alpha value is -1.63. The second-order valence-corrected chi connectivity index (χ2v) is 7.62. The van der Waals surface area contributed by atoms with Crippen LogP contribution in [-0.2, 0) is 11.2 Å². The molecule has 0 bridgehead atoms. The van der Waals surface area contributed by atoms with Gasteiger partial charge in [0.25, 0.3) is 5.91 Å². The lowest BCUT2D eigenvalue weighted by molar-refractivity contribution is -0.177. The summed E-state index contributed by atoms with van der Waals surface area (Å²) < 4.78 is 0. The van der Waals surface area contributed by atoms with Gasteiger partial charge in [-0.3, -0.25) is 14.9 Å². The average Bonchev–Trinajstić information content (AvgIpc) is 3.07. The number of hydroxylamine groups is 2. The van der Waals surface area contributed by atoms with Gasteiger partial charge in [0, 0.05) is 29.7 Å². The van der Waals surface area contributed by atoms with Crippen molar-refractivity contribution < 1.29 is 15.1 Å². The van der Waals surface area contributed by atoms with Gasteiger partial charge in [0.2, 0.25) is 0 Å². The molecule has 27 heavy (non-hydrogen) atoms. The lowest BCUT2D eigenvalue weighted by atomic mass is 10.0. The predicted molar refractivity (Wildman–Crippen MR) is 105 cm³/mol. The molecule has 2 unspecified atom stereocenters. The van der Waals surface area contributed by atoms with Crippen LogP contribution in [0.1, 0.15) is 23.6 Å². The van der Waals surface area contributed by atoms with Crippen LogP contribution < -0.4 is 0 Å². The van der Waals surface area contributed by atoms with Gasteiger partial charge in [0.05, 0.1) is 18.6 Å². The molecule has 7 heteroatoms. The first-order chi connectivity index (χ1) is 12.9. The second-order valence-electron chi connectivity index (χ2n) is 6.78. The Bertz CT molecular complexity index is 788. The molecule has 2 aromatic carbocycles. The Morgan fingerprint density at radius 1 is 1.22 bits per heavy atom. The molecular weight excluding hydrogens is 387 g/mol. The topological polar surface area (TPSA) is 64.0 Å². The predicted octanol–water partition coefficient (Wildman–Crippen LogP) is 3.56. The molecule has 0 spiro atoms. The number of aliphatic hydroxyl groups excluding tert-OH is 1. The van der Waals surface area contributed by atoms with E-state index in [4.69, 9.17) is 23.2 Å². The maximum Gasteiger partial charge on any atom is 0.251 e. The van der Waals surface area contributed by atoms with Gasteiger partial charge in [-0.1, -0.05) is 59.6 Å². The van der Waals surface area contributed by atoms with Gasteiger partial charge in [-0.05, 0) is 29.7 Å². The highest BCUT2D eigenvalue weighted by atomic mass is 35.5. The molecule has 1 amide bonds. The fourth-order valence-electron chi connectivity index (χ4n) is 3.30. The normalized spacial score (nSPS) is 18.4. The van der Waals surface area contributed by atoms with Crippen molar-refractivity contribution in [3.8, 4) is 0 Å². The number of halogens is 2. The van der Waals surface area contributed by atoms with E-state index in [0.29, 0.717) is 35.1 Å². The first kappa shape index (κ1) is 20.1. The molecule has 1 aliphatic rings. The van der Waals surface area contributed by atoms with E-state index in [9.17, 15) is 15.1 Å². The maximum absolute atomic E-state index is 12.7. The summed E-state index contributed by atoms with van der Waals surface area (Å²) in [4.78, 5) is 14.8. The van der Waals surface area contributed by atoms with Gasteiger partial charge in [-0.15, -0.1) is 0 Å². The molecule has 0 aromatic heterocycles. The van der Waals surface area contributed by atoms with E-state index in [1.807, 2.05) is 35.2 Å². The van der Waals surface area contributed by atoms with Crippen LogP contribution in [0.15, 0.2) is 48.5 Å². The zero-order valence-corrected chi connectivity index (χ0v) is 16.3. The molecule has 2 N–H and O–H groups in total. The monoisotopic (exact) mass is 408 g/mol. The molecule has 0 saturated carbocycles. The molecule has 1 aliphatic heterocycles. The third-order valence-electron chi connectivity index (χ3n) is 4.77. The summed E-state index contributed by atoms with van der Waals surface area (Å²) in [6, 6.07) is 13.8. The van der Waals surface area contributed by atoms with Gasteiger partial charge >= 0.3 is 0 Å². The van der Waals surface area contributed by atoms with Crippen molar-refractivity contribution in [3.05, 3.63) is 69.7 Å². The zero-order valence-electron chi connectivity index (χ0n) is 14.8. The van der Waals surface area contributed by atoms with E-state index in [1.165, 1.54) is 0 Å². The third kappa shape index (κ3) is 5.21. The number of nitrogens with zero attached hydrogens (tertiary/aromatic N) is 2. The van der Waals surface area contributed by atoms with Crippen molar-refractivity contribution in [2.24, 2.45) is 0 Å². The standard InChI is InChI=1S/C20H22Cl2N2O3/c21-16-7-6-15(18(22)11-16)10-20(26)24(27)19(14-4-2-1-3-5-14)13-23-9-8-17(25)12-23/h1-7,11,17,19,25,27H,8-10,12-13H2. The number of hydrogen-bond acceptors (Lipinski definition) is 4. The maximum atomic E-state index is 12.7. The van der Waals surface area contributed by atoms with Gasteiger partial charge in [-0.2, -0.15) is 0 Å². The highest BCUT2D eigenvalue weighted by Crippen LogP contribution is 2.26. The zero-order chi connectivity index (χ0) is 19.4. The largest absolute Gasteiger partial charge is 0.392 e. The minimum absolute atomic E-state index is 0.0293. The van der Waals surface area contributed by atoms with Crippen LogP contribution in [0.4, 0.5) is 0 Å². The molecule has 0 aliphatic carbocycles. The number of carbonyl (C=O) groups is 1. The average molecular weight is 409 g/mol. The van der Waals surface area contributed by atoms with Crippen molar-refractivity contribution in [2.75, 3.05) is 19.6 Å². The number of amides is 1. The Kier molecular flexibility index (Phi) is 6.73. The van der Waals surface area contributed by atoms with Crippen molar-refractivity contribution in [1.29, 1.82) is 0 Å². The number of β-amino-alcohol motifs (C(OH)–C–C–N with tert-alkyl or cyclic N) is 1. The molecule has 1 fully saturated rings. The van der Waals surface area contributed by atoms with E-state index in [-0.39, 0.29) is 12.5 Å². The Morgan fingerprint density at radius 3 is 2.59 bits per heavy atom. The summed E-state index contributed by atoms with van der Waals surface area (Å²) >= 11 is 12.1. The summed E-state index contributed by atoms with van der Waals surface area (Å²) in [5.41, 5.74) is 1.44. The van der Waals surface area contributed by atoms with Crippen LogP contribution in [0.5, 0.6) is 0 Å². The molecule has 2 atom stereocenters. The van der Waals surface area contributed by atoms with Gasteiger partial charge in [0.15, 0.2) is 0 Å². The van der Waals surface area contributed by atoms with E-state index >= 15 is 0 Å². The lowest BCUT2D eigenvalue weighted by Gasteiger charge is -2.30. The lowest BCUT2D eigenvalue weighted by Crippen LogP contribution is -2.40. The Morgan fingerprint density at radius 2 is 1.96 bits per heavy atom. The fourth-order valence-corrected chi connectivity index (χ4v) is 3.78. The molecule has 1 saturated heterocycles. The first-order valence-corrected chi connectivity index (χ1v) is 9.60. The number of aliphatic hydroxyl groups is 1. The van der Waals surface area contributed by atoms with Crippen LogP contribution in [0.3, 0.4) is 0 Å². The fraction of sp³-hybridized carbons (Fsp3) is 0.350. The SMILES string of the molecule is O=C(Cc1ccc(Cl)cc1Cl)N(O)C(CN1CCC(O)C1)c1ccccc1. The van der Waals surface area contributed by atoms with E-state index in [0.717, 1.165) is 17.2 Å². The van der Waals surface area contributed by atoms with E-state index in [2.05, 4.69) is 0 Å². The molecule has 5 nitrogen and oxygen atoms in total. The van der Waals surface area contributed by atoms with Crippen molar-refractivity contribution in [3.63, 3.8) is 0 Å². The van der Waals surface area contributed by atoms with Gasteiger partial charge in [0.1, 0.15) is 0 Å².